The van der Waals surface area contributed by atoms with E-state index in [4.69, 9.17) is 4.74 Å². The molecule has 0 aliphatic carbocycles. The Bertz CT molecular complexity index is 420. The maximum atomic E-state index is 5.41. The minimum Gasteiger partial charge on any atom is -0.381 e. The molecule has 0 saturated heterocycles. The third-order valence-corrected chi connectivity index (χ3v) is 2.50. The van der Waals surface area contributed by atoms with E-state index in [1.807, 2.05) is 24.3 Å². The van der Waals surface area contributed by atoms with Crippen LogP contribution < -0.4 is 5.32 Å². The van der Waals surface area contributed by atoms with E-state index in [2.05, 4.69) is 22.2 Å². The number of benzene rings is 1. The predicted molar refractivity (Wildman–Crippen MR) is 70.3 cm³/mol. The van der Waals surface area contributed by atoms with Crippen molar-refractivity contribution in [3.8, 4) is 0 Å². The molecular weight excluding hydrogens is 214 g/mol. The maximum Gasteiger partial charge on any atom is 0.201 e. The molecule has 0 radical (unpaired) electrons. The van der Waals surface area contributed by atoms with Crippen LogP contribution in [0.25, 0.3) is 11.0 Å². The Balaban J connectivity index is 1.75. The maximum absolute atomic E-state index is 5.41. The van der Waals surface area contributed by atoms with Crippen LogP contribution in [-0.4, -0.2) is 29.7 Å². The zero-order valence-corrected chi connectivity index (χ0v) is 10.2. The number of H-pyrrole nitrogens is 1. The Hall–Kier alpha value is -1.55. The minimum absolute atomic E-state index is 0.807. The molecule has 0 spiro atoms. The number of anilines is 1. The van der Waals surface area contributed by atoms with Crippen LogP contribution >= 0.6 is 0 Å². The van der Waals surface area contributed by atoms with Gasteiger partial charge in [-0.15, -0.1) is 0 Å². The Labute approximate surface area is 101 Å². The quantitative estimate of drug-likeness (QED) is 0.723. The molecule has 0 amide bonds. The standard InChI is InChI=1S/C13H19N3O/c1-2-9-17-10-5-8-14-13-15-11-6-3-4-7-12(11)16-13/h3-4,6-7H,2,5,8-10H2,1H3,(H2,14,15,16). The fourth-order valence-corrected chi connectivity index (χ4v) is 1.66. The summed E-state index contributed by atoms with van der Waals surface area (Å²) in [4.78, 5) is 7.67. The first-order chi connectivity index (χ1) is 8.40. The second-order valence-corrected chi connectivity index (χ2v) is 4.00. The Morgan fingerprint density at radius 1 is 1.29 bits per heavy atom. The number of aromatic nitrogens is 2. The molecule has 2 aromatic rings. The highest BCUT2D eigenvalue weighted by molar-refractivity contribution is 5.77. The van der Waals surface area contributed by atoms with Crippen molar-refractivity contribution in [1.82, 2.24) is 9.97 Å². The summed E-state index contributed by atoms with van der Waals surface area (Å²) in [7, 11) is 0. The van der Waals surface area contributed by atoms with Gasteiger partial charge in [0.25, 0.3) is 0 Å². The molecule has 0 bridgehead atoms. The van der Waals surface area contributed by atoms with E-state index < -0.39 is 0 Å². The summed E-state index contributed by atoms with van der Waals surface area (Å²) in [6, 6.07) is 8.02. The van der Waals surface area contributed by atoms with E-state index in [0.717, 1.165) is 49.6 Å². The molecule has 4 nitrogen and oxygen atoms in total. The zero-order valence-electron chi connectivity index (χ0n) is 10.2. The molecule has 0 aliphatic heterocycles. The van der Waals surface area contributed by atoms with Crippen molar-refractivity contribution >= 4 is 17.0 Å². The first-order valence-corrected chi connectivity index (χ1v) is 6.16. The van der Waals surface area contributed by atoms with Crippen molar-refractivity contribution in [2.24, 2.45) is 0 Å². The van der Waals surface area contributed by atoms with Crippen LogP contribution in [0.3, 0.4) is 0 Å². The molecule has 2 N–H and O–H groups in total. The average Bonchev–Trinajstić information content (AvgIpc) is 2.76. The monoisotopic (exact) mass is 233 g/mol. The topological polar surface area (TPSA) is 49.9 Å². The summed E-state index contributed by atoms with van der Waals surface area (Å²) >= 11 is 0. The first kappa shape index (κ1) is 11.9. The molecule has 0 unspecified atom stereocenters. The second-order valence-electron chi connectivity index (χ2n) is 4.00. The van der Waals surface area contributed by atoms with E-state index >= 15 is 0 Å². The summed E-state index contributed by atoms with van der Waals surface area (Å²) in [5.74, 6) is 0.835. The van der Waals surface area contributed by atoms with Gasteiger partial charge in [0.15, 0.2) is 0 Å². The first-order valence-electron chi connectivity index (χ1n) is 6.16. The van der Waals surface area contributed by atoms with Gasteiger partial charge in [0.1, 0.15) is 0 Å². The molecule has 17 heavy (non-hydrogen) atoms. The van der Waals surface area contributed by atoms with Gasteiger partial charge >= 0.3 is 0 Å². The molecule has 0 saturated carbocycles. The number of hydrogen-bond acceptors (Lipinski definition) is 3. The molecule has 4 heteroatoms. The number of para-hydroxylation sites is 2. The van der Waals surface area contributed by atoms with Crippen molar-refractivity contribution in [1.29, 1.82) is 0 Å². The van der Waals surface area contributed by atoms with Crippen molar-refractivity contribution in [3.63, 3.8) is 0 Å². The summed E-state index contributed by atoms with van der Waals surface area (Å²) in [5, 5.41) is 3.26. The van der Waals surface area contributed by atoms with Crippen LogP contribution in [0.15, 0.2) is 24.3 Å². The normalized spacial score (nSPS) is 10.9. The number of rotatable bonds is 7. The van der Waals surface area contributed by atoms with Gasteiger partial charge in [-0.2, -0.15) is 0 Å². The molecule has 0 aliphatic rings. The van der Waals surface area contributed by atoms with Gasteiger partial charge in [0, 0.05) is 19.8 Å². The van der Waals surface area contributed by atoms with Crippen molar-refractivity contribution in [3.05, 3.63) is 24.3 Å². The van der Waals surface area contributed by atoms with E-state index in [1.54, 1.807) is 0 Å². The Morgan fingerprint density at radius 2 is 2.18 bits per heavy atom. The SMILES string of the molecule is CCCOCCCNc1nc2ccccc2[nH]1. The Kier molecular flexibility index (Phi) is 4.38. The number of aromatic amines is 1. The van der Waals surface area contributed by atoms with Crippen LogP contribution in [0.4, 0.5) is 5.95 Å². The lowest BCUT2D eigenvalue weighted by molar-refractivity contribution is 0.134. The van der Waals surface area contributed by atoms with Crippen LogP contribution in [0.1, 0.15) is 19.8 Å². The summed E-state index contributed by atoms with van der Waals surface area (Å²) < 4.78 is 5.41. The van der Waals surface area contributed by atoms with Gasteiger partial charge in [-0.25, -0.2) is 4.98 Å². The second kappa shape index (κ2) is 6.25. The average molecular weight is 233 g/mol. The third kappa shape index (κ3) is 3.46. The van der Waals surface area contributed by atoms with E-state index in [9.17, 15) is 0 Å². The summed E-state index contributed by atoms with van der Waals surface area (Å²) in [6.07, 6.45) is 2.08. The lowest BCUT2D eigenvalue weighted by atomic mass is 10.3. The highest BCUT2D eigenvalue weighted by Crippen LogP contribution is 2.12. The molecule has 0 fully saturated rings. The van der Waals surface area contributed by atoms with Crippen LogP contribution in [0.2, 0.25) is 0 Å². The number of nitrogens with one attached hydrogen (secondary N) is 2. The van der Waals surface area contributed by atoms with Crippen molar-refractivity contribution < 1.29 is 4.74 Å². The summed E-state index contributed by atoms with van der Waals surface area (Å²) in [6.45, 7) is 4.65. The molecule has 1 aromatic heterocycles. The highest BCUT2D eigenvalue weighted by atomic mass is 16.5. The van der Waals surface area contributed by atoms with E-state index in [1.165, 1.54) is 0 Å². The molecule has 0 atom stereocenters. The number of imidazole rings is 1. The molecule has 2 rings (SSSR count). The molecular formula is C13H19N3O. The third-order valence-electron chi connectivity index (χ3n) is 2.50. The van der Waals surface area contributed by atoms with Crippen LogP contribution in [0.5, 0.6) is 0 Å². The van der Waals surface area contributed by atoms with Crippen molar-refractivity contribution in [2.45, 2.75) is 19.8 Å². The molecule has 1 aromatic carbocycles. The van der Waals surface area contributed by atoms with E-state index in [-0.39, 0.29) is 0 Å². The zero-order chi connectivity index (χ0) is 11.9. The Morgan fingerprint density at radius 3 is 3.00 bits per heavy atom. The highest BCUT2D eigenvalue weighted by Gasteiger charge is 1.99. The lowest BCUT2D eigenvalue weighted by Gasteiger charge is -2.03. The smallest absolute Gasteiger partial charge is 0.201 e. The fraction of sp³-hybridized carbons (Fsp3) is 0.462. The number of nitrogens with zero attached hydrogens (tertiary/aromatic N) is 1. The van der Waals surface area contributed by atoms with E-state index in [0.29, 0.717) is 0 Å². The van der Waals surface area contributed by atoms with Gasteiger partial charge in [-0.3, -0.25) is 0 Å². The largest absolute Gasteiger partial charge is 0.381 e. The van der Waals surface area contributed by atoms with Gasteiger partial charge in [0.05, 0.1) is 11.0 Å². The van der Waals surface area contributed by atoms with Gasteiger partial charge in [0.2, 0.25) is 5.95 Å². The van der Waals surface area contributed by atoms with Gasteiger partial charge in [-0.05, 0) is 25.0 Å². The number of fused-ring (bicyclic) bond motifs is 1. The van der Waals surface area contributed by atoms with Crippen molar-refractivity contribution in [2.75, 3.05) is 25.1 Å². The molecule has 1 heterocycles. The van der Waals surface area contributed by atoms with Crippen LogP contribution in [0, 0.1) is 0 Å². The minimum atomic E-state index is 0.807. The van der Waals surface area contributed by atoms with Crippen LogP contribution in [-0.2, 0) is 4.74 Å². The van der Waals surface area contributed by atoms with Gasteiger partial charge in [-0.1, -0.05) is 19.1 Å². The predicted octanol–water partition coefficient (Wildman–Crippen LogP) is 2.79. The van der Waals surface area contributed by atoms with Gasteiger partial charge < -0.3 is 15.0 Å². The number of hydrogen-bond donors (Lipinski definition) is 2. The fourth-order valence-electron chi connectivity index (χ4n) is 1.66. The number of ether oxygens (including phenoxy) is 1. The summed E-state index contributed by atoms with van der Waals surface area (Å²) in [5.41, 5.74) is 2.06. The molecule has 92 valence electrons. The lowest BCUT2D eigenvalue weighted by Crippen LogP contribution is -2.07.